The van der Waals surface area contributed by atoms with Crippen molar-refractivity contribution in [3.63, 3.8) is 0 Å². The molecule has 1 aliphatic carbocycles. The predicted octanol–water partition coefficient (Wildman–Crippen LogP) is 3.01. The lowest BCUT2D eigenvalue weighted by Crippen LogP contribution is -2.36. The molecule has 0 radical (unpaired) electrons. The highest BCUT2D eigenvalue weighted by molar-refractivity contribution is 7.89. The third-order valence-corrected chi connectivity index (χ3v) is 5.47. The number of sulfonamides is 1. The summed E-state index contributed by atoms with van der Waals surface area (Å²) in [6.45, 7) is 1.87. The molecule has 0 unspecified atom stereocenters. The molecule has 0 amide bonds. The van der Waals surface area contributed by atoms with Crippen LogP contribution >= 0.6 is 0 Å². The van der Waals surface area contributed by atoms with Crippen molar-refractivity contribution in [2.45, 2.75) is 50.0 Å². The maximum Gasteiger partial charge on any atom is 0.330 e. The van der Waals surface area contributed by atoms with Gasteiger partial charge in [0, 0.05) is 12.1 Å². The molecule has 24 heavy (non-hydrogen) atoms. The molecule has 0 aliphatic heterocycles. The van der Waals surface area contributed by atoms with Crippen LogP contribution in [0.4, 0.5) is 4.39 Å². The summed E-state index contributed by atoms with van der Waals surface area (Å²) in [6.07, 6.45) is 7.05. The number of hydrogen-bond acceptors (Lipinski definition) is 4. The van der Waals surface area contributed by atoms with Gasteiger partial charge in [-0.1, -0.05) is 19.3 Å². The first kappa shape index (κ1) is 18.6. The van der Waals surface area contributed by atoms with Gasteiger partial charge in [0.15, 0.2) is 0 Å². The Labute approximate surface area is 142 Å². The maximum absolute atomic E-state index is 13.5. The van der Waals surface area contributed by atoms with E-state index in [-0.39, 0.29) is 23.1 Å². The van der Waals surface area contributed by atoms with E-state index >= 15 is 0 Å². The van der Waals surface area contributed by atoms with Gasteiger partial charge in [-0.3, -0.25) is 0 Å². The summed E-state index contributed by atoms with van der Waals surface area (Å²) in [5.41, 5.74) is 0.117. The van der Waals surface area contributed by atoms with Crippen molar-refractivity contribution in [3.8, 4) is 0 Å². The highest BCUT2D eigenvalue weighted by Gasteiger charge is 2.23. The smallest absolute Gasteiger partial charge is 0.330 e. The van der Waals surface area contributed by atoms with E-state index in [9.17, 15) is 17.6 Å². The fraction of sp³-hybridized carbons (Fsp3) is 0.471. The van der Waals surface area contributed by atoms with Gasteiger partial charge in [0.25, 0.3) is 0 Å². The number of esters is 1. The van der Waals surface area contributed by atoms with E-state index in [0.717, 1.165) is 50.3 Å². The van der Waals surface area contributed by atoms with Crippen molar-refractivity contribution >= 4 is 22.1 Å². The Hall–Kier alpha value is -1.73. The van der Waals surface area contributed by atoms with E-state index < -0.39 is 21.8 Å². The van der Waals surface area contributed by atoms with Crippen LogP contribution in [0.2, 0.25) is 0 Å². The Balaban J connectivity index is 2.26. The number of nitrogens with one attached hydrogen (secondary N) is 1. The van der Waals surface area contributed by atoms with Crippen molar-refractivity contribution in [1.29, 1.82) is 0 Å². The quantitative estimate of drug-likeness (QED) is 0.629. The van der Waals surface area contributed by atoms with E-state index in [0.29, 0.717) is 0 Å². The summed E-state index contributed by atoms with van der Waals surface area (Å²) in [5.74, 6) is -1.18. The van der Waals surface area contributed by atoms with Gasteiger partial charge in [-0.25, -0.2) is 22.3 Å². The van der Waals surface area contributed by atoms with Crippen LogP contribution in [-0.2, 0) is 19.6 Å². The Morgan fingerprint density at radius 1 is 1.33 bits per heavy atom. The van der Waals surface area contributed by atoms with Crippen LogP contribution in [0.15, 0.2) is 29.2 Å². The van der Waals surface area contributed by atoms with E-state index in [2.05, 4.69) is 4.72 Å². The molecule has 1 N–H and O–H groups in total. The highest BCUT2D eigenvalue weighted by Crippen LogP contribution is 2.23. The molecule has 0 bridgehead atoms. The Bertz CT molecular complexity index is 709. The number of carbonyl (C=O) groups excluding carboxylic acids is 1. The van der Waals surface area contributed by atoms with Crippen LogP contribution in [0.25, 0.3) is 6.08 Å². The number of hydrogen-bond donors (Lipinski definition) is 1. The average molecular weight is 355 g/mol. The minimum Gasteiger partial charge on any atom is -0.463 e. The molecule has 1 aromatic carbocycles. The van der Waals surface area contributed by atoms with Gasteiger partial charge in [-0.2, -0.15) is 0 Å². The molecule has 0 heterocycles. The van der Waals surface area contributed by atoms with Crippen LogP contribution in [-0.4, -0.2) is 27.0 Å². The topological polar surface area (TPSA) is 72.5 Å². The number of rotatable bonds is 6. The minimum atomic E-state index is -3.79. The summed E-state index contributed by atoms with van der Waals surface area (Å²) < 4.78 is 46.2. The van der Waals surface area contributed by atoms with Crippen LogP contribution in [0.5, 0.6) is 0 Å². The molecule has 1 saturated carbocycles. The maximum atomic E-state index is 13.5. The predicted molar refractivity (Wildman–Crippen MR) is 89.3 cm³/mol. The van der Waals surface area contributed by atoms with Gasteiger partial charge in [0.05, 0.1) is 11.5 Å². The monoisotopic (exact) mass is 355 g/mol. The molecule has 1 aliphatic rings. The Kier molecular flexibility index (Phi) is 6.51. The second kappa shape index (κ2) is 8.39. The van der Waals surface area contributed by atoms with Crippen molar-refractivity contribution in [3.05, 3.63) is 35.7 Å². The normalized spacial score (nSPS) is 16.4. The van der Waals surface area contributed by atoms with Gasteiger partial charge < -0.3 is 4.74 Å². The molecule has 7 heteroatoms. The van der Waals surface area contributed by atoms with Crippen LogP contribution in [0.1, 0.15) is 44.6 Å². The lowest BCUT2D eigenvalue weighted by atomic mass is 9.96. The van der Waals surface area contributed by atoms with E-state index in [1.165, 1.54) is 12.1 Å². The van der Waals surface area contributed by atoms with Gasteiger partial charge in [-0.05, 0) is 49.6 Å². The fourth-order valence-corrected chi connectivity index (χ4v) is 4.23. The minimum absolute atomic E-state index is 0.0463. The van der Waals surface area contributed by atoms with E-state index in [1.807, 2.05) is 0 Å². The van der Waals surface area contributed by atoms with Crippen LogP contribution in [0.3, 0.4) is 0 Å². The molecule has 5 nitrogen and oxygen atoms in total. The summed E-state index contributed by atoms with van der Waals surface area (Å²) >= 11 is 0. The second-order valence-electron chi connectivity index (χ2n) is 5.72. The zero-order chi connectivity index (χ0) is 17.6. The highest BCUT2D eigenvalue weighted by atomic mass is 32.2. The third kappa shape index (κ3) is 5.14. The average Bonchev–Trinajstić information content (AvgIpc) is 2.53. The Morgan fingerprint density at radius 3 is 2.71 bits per heavy atom. The van der Waals surface area contributed by atoms with Crippen LogP contribution < -0.4 is 4.72 Å². The molecule has 2 rings (SSSR count). The molecular formula is C17H22FNO4S. The Morgan fingerprint density at radius 2 is 2.04 bits per heavy atom. The number of ether oxygens (including phenoxy) is 1. The summed E-state index contributed by atoms with van der Waals surface area (Å²) in [5, 5.41) is 0. The lowest BCUT2D eigenvalue weighted by molar-refractivity contribution is -0.137. The molecule has 0 aromatic heterocycles. The van der Waals surface area contributed by atoms with Crippen molar-refractivity contribution in [2.24, 2.45) is 0 Å². The number of benzene rings is 1. The largest absolute Gasteiger partial charge is 0.463 e. The zero-order valence-electron chi connectivity index (χ0n) is 13.6. The summed E-state index contributed by atoms with van der Waals surface area (Å²) in [6, 6.07) is 3.30. The number of carbonyl (C=O) groups is 1. The van der Waals surface area contributed by atoms with Gasteiger partial charge >= 0.3 is 5.97 Å². The molecular weight excluding hydrogens is 333 g/mol. The zero-order valence-corrected chi connectivity index (χ0v) is 14.4. The lowest BCUT2D eigenvalue weighted by Gasteiger charge is -2.23. The van der Waals surface area contributed by atoms with Crippen LogP contribution in [0, 0.1) is 5.82 Å². The molecule has 132 valence electrons. The first-order chi connectivity index (χ1) is 11.4. The van der Waals surface area contributed by atoms with E-state index in [1.54, 1.807) is 6.92 Å². The number of halogens is 1. The van der Waals surface area contributed by atoms with E-state index in [4.69, 9.17) is 4.74 Å². The standard InChI is InChI=1S/C17H22FNO4S/c1-2-23-17(20)11-8-13-12-14(18)9-10-16(13)24(21,22)19-15-6-4-3-5-7-15/h8-12,15,19H,2-7H2,1H3/b11-8+. The first-order valence-corrected chi connectivity index (χ1v) is 9.57. The molecule has 0 spiro atoms. The molecule has 0 saturated heterocycles. The van der Waals surface area contributed by atoms with Crippen molar-refractivity contribution in [2.75, 3.05) is 6.61 Å². The second-order valence-corrected chi connectivity index (χ2v) is 7.41. The van der Waals surface area contributed by atoms with Gasteiger partial charge in [0.2, 0.25) is 10.0 Å². The summed E-state index contributed by atoms with van der Waals surface area (Å²) in [4.78, 5) is 11.4. The van der Waals surface area contributed by atoms with Crippen molar-refractivity contribution in [1.82, 2.24) is 4.72 Å². The van der Waals surface area contributed by atoms with Crippen molar-refractivity contribution < 1.29 is 22.3 Å². The first-order valence-electron chi connectivity index (χ1n) is 8.09. The molecule has 1 aromatic rings. The SMILES string of the molecule is CCOC(=O)/C=C/c1cc(F)ccc1S(=O)(=O)NC1CCCCC1. The van der Waals surface area contributed by atoms with Gasteiger partial charge in [0.1, 0.15) is 5.82 Å². The molecule has 1 fully saturated rings. The van der Waals surface area contributed by atoms with Gasteiger partial charge in [-0.15, -0.1) is 0 Å². The fourth-order valence-electron chi connectivity index (χ4n) is 2.75. The summed E-state index contributed by atoms with van der Waals surface area (Å²) in [7, 11) is -3.79. The molecule has 0 atom stereocenters. The third-order valence-electron chi connectivity index (χ3n) is 3.87.